The lowest BCUT2D eigenvalue weighted by molar-refractivity contribution is -0.165. The van der Waals surface area contributed by atoms with Gasteiger partial charge in [-0.05, 0) is 62.2 Å². The number of aromatic nitrogens is 1. The number of pyridine rings is 1. The van der Waals surface area contributed by atoms with Crippen LogP contribution in [-0.2, 0) is 22.4 Å². The van der Waals surface area contributed by atoms with Crippen LogP contribution in [0, 0.1) is 0 Å². The van der Waals surface area contributed by atoms with Crippen molar-refractivity contribution in [3.8, 4) is 0 Å². The predicted octanol–water partition coefficient (Wildman–Crippen LogP) is 2.97. The molecule has 0 fully saturated rings. The van der Waals surface area contributed by atoms with Crippen molar-refractivity contribution in [2.75, 3.05) is 18.4 Å². The number of carboxylic acid groups (broad SMARTS) is 2. The summed E-state index contributed by atoms with van der Waals surface area (Å²) in [7, 11) is 0. The van der Waals surface area contributed by atoms with E-state index in [0.717, 1.165) is 42.3 Å². The summed E-state index contributed by atoms with van der Waals surface area (Å²) in [5.74, 6) is -3.54. The third kappa shape index (κ3) is 8.66. The molecular formula is C24H32ClN3O6S. The monoisotopic (exact) mass is 525 g/mol. The van der Waals surface area contributed by atoms with Crippen molar-refractivity contribution in [1.29, 1.82) is 0 Å². The van der Waals surface area contributed by atoms with Crippen molar-refractivity contribution in [3.05, 3.63) is 52.3 Å². The van der Waals surface area contributed by atoms with E-state index in [-0.39, 0.29) is 6.04 Å². The Morgan fingerprint density at radius 3 is 2.20 bits per heavy atom. The van der Waals surface area contributed by atoms with Gasteiger partial charge in [-0.3, -0.25) is 4.98 Å². The lowest BCUT2D eigenvalue weighted by atomic mass is 10.00. The van der Waals surface area contributed by atoms with Crippen LogP contribution in [0.25, 0.3) is 0 Å². The Labute approximate surface area is 213 Å². The summed E-state index contributed by atoms with van der Waals surface area (Å²) >= 11 is 8.36. The Balaban J connectivity index is 0.000000367. The number of carbonyl (C=O) groups is 2. The van der Waals surface area contributed by atoms with Crippen LogP contribution < -0.4 is 10.6 Å². The van der Waals surface area contributed by atoms with E-state index >= 15 is 0 Å². The molecule has 0 radical (unpaired) electrons. The fourth-order valence-corrected chi connectivity index (χ4v) is 4.49. The summed E-state index contributed by atoms with van der Waals surface area (Å²) in [6.07, 6.45) is -0.512. The minimum atomic E-state index is -2.27. The first-order valence-electron chi connectivity index (χ1n) is 11.2. The summed E-state index contributed by atoms with van der Waals surface area (Å²) in [5.41, 5.74) is 4.84. The molecule has 1 aliphatic rings. The molecule has 1 aromatic heterocycles. The lowest BCUT2D eigenvalue weighted by Gasteiger charge is -2.21. The molecule has 6 N–H and O–H groups in total. The van der Waals surface area contributed by atoms with Gasteiger partial charge in [-0.1, -0.05) is 31.5 Å². The molecule has 9 nitrogen and oxygen atoms in total. The SMILES string of the molecule is CC(C)Sc1ccc(C(C)Nc2c(Cl)ccc3c2CCNCC3)nc1.O=C(O)[C@H](O)[C@@H](O)C(=O)O. The summed E-state index contributed by atoms with van der Waals surface area (Å²) in [6, 6.07) is 8.55. The Bertz CT molecular complexity index is 987. The molecule has 1 unspecified atom stereocenters. The number of aliphatic hydroxyl groups excluding tert-OH is 2. The molecule has 3 atom stereocenters. The smallest absolute Gasteiger partial charge is 0.335 e. The summed E-state index contributed by atoms with van der Waals surface area (Å²) < 4.78 is 0. The van der Waals surface area contributed by atoms with Gasteiger partial charge in [0.2, 0.25) is 0 Å². The van der Waals surface area contributed by atoms with Crippen LogP contribution in [0.4, 0.5) is 5.69 Å². The highest BCUT2D eigenvalue weighted by atomic mass is 35.5. The van der Waals surface area contributed by atoms with Crippen molar-refractivity contribution < 1.29 is 30.0 Å². The maximum Gasteiger partial charge on any atom is 0.335 e. The fourth-order valence-electron chi connectivity index (χ4n) is 3.45. The molecule has 1 aliphatic heterocycles. The average molecular weight is 526 g/mol. The molecule has 0 saturated carbocycles. The summed E-state index contributed by atoms with van der Waals surface area (Å²) in [6.45, 7) is 8.56. The van der Waals surface area contributed by atoms with Crippen LogP contribution in [0.5, 0.6) is 0 Å². The van der Waals surface area contributed by atoms with Gasteiger partial charge in [0, 0.05) is 16.3 Å². The van der Waals surface area contributed by atoms with Gasteiger partial charge >= 0.3 is 11.9 Å². The minimum Gasteiger partial charge on any atom is -0.479 e. The second kappa shape index (κ2) is 13.6. The van der Waals surface area contributed by atoms with Crippen LogP contribution in [0.15, 0.2) is 35.4 Å². The number of nitrogens with one attached hydrogen (secondary N) is 2. The number of rotatable bonds is 8. The number of carboxylic acids is 2. The van der Waals surface area contributed by atoms with E-state index in [2.05, 4.69) is 54.6 Å². The highest BCUT2D eigenvalue weighted by molar-refractivity contribution is 7.99. The van der Waals surface area contributed by atoms with Gasteiger partial charge in [-0.15, -0.1) is 11.8 Å². The molecule has 35 heavy (non-hydrogen) atoms. The Hall–Kier alpha value is -2.37. The van der Waals surface area contributed by atoms with E-state index in [1.165, 1.54) is 16.0 Å². The van der Waals surface area contributed by atoms with Crippen molar-refractivity contribution in [2.45, 2.75) is 62.0 Å². The molecule has 1 aromatic carbocycles. The number of halogens is 1. The van der Waals surface area contributed by atoms with Crippen molar-refractivity contribution in [2.24, 2.45) is 0 Å². The van der Waals surface area contributed by atoms with E-state index in [0.29, 0.717) is 5.25 Å². The normalized spacial score (nSPS) is 15.6. The predicted molar refractivity (Wildman–Crippen MR) is 136 cm³/mol. The molecule has 0 amide bonds. The summed E-state index contributed by atoms with van der Waals surface area (Å²) in [5, 5.41) is 41.0. The van der Waals surface area contributed by atoms with Crippen LogP contribution in [0.3, 0.4) is 0 Å². The number of aliphatic hydroxyl groups is 2. The second-order valence-corrected chi connectivity index (χ2v) is 10.4. The van der Waals surface area contributed by atoms with Gasteiger partial charge in [-0.2, -0.15) is 0 Å². The van der Waals surface area contributed by atoms with Crippen LogP contribution in [-0.4, -0.2) is 67.9 Å². The molecule has 192 valence electrons. The van der Waals surface area contributed by atoms with Gasteiger partial charge in [0.1, 0.15) is 0 Å². The van der Waals surface area contributed by atoms with E-state index < -0.39 is 24.1 Å². The van der Waals surface area contributed by atoms with E-state index in [4.69, 9.17) is 32.0 Å². The molecule has 0 spiro atoms. The fraction of sp³-hybridized carbons (Fsp3) is 0.458. The molecular weight excluding hydrogens is 494 g/mol. The van der Waals surface area contributed by atoms with Gasteiger partial charge in [0.25, 0.3) is 0 Å². The number of benzene rings is 1. The van der Waals surface area contributed by atoms with Crippen molar-refractivity contribution in [3.63, 3.8) is 0 Å². The molecule has 11 heteroatoms. The highest BCUT2D eigenvalue weighted by Crippen LogP contribution is 2.33. The Morgan fingerprint density at radius 2 is 1.66 bits per heavy atom. The number of hydrogen-bond acceptors (Lipinski definition) is 8. The highest BCUT2D eigenvalue weighted by Gasteiger charge is 2.29. The Morgan fingerprint density at radius 1 is 1.03 bits per heavy atom. The average Bonchev–Trinajstić information content (AvgIpc) is 3.06. The first kappa shape index (κ1) is 28.9. The number of hydrogen-bond donors (Lipinski definition) is 6. The molecule has 2 aromatic rings. The largest absolute Gasteiger partial charge is 0.479 e. The van der Waals surface area contributed by atoms with E-state index in [1.54, 1.807) is 0 Å². The number of aliphatic carboxylic acids is 2. The Kier molecular flexibility index (Phi) is 11.3. The standard InChI is InChI=1S/C20H26ClN3S.C4H6O6/c1-13(2)25-16-5-7-19(23-12-16)14(3)24-20-17-9-11-22-10-8-15(17)4-6-18(20)21;5-1(3(7)8)2(6)4(9)10/h4-7,12-14,22,24H,8-11H2,1-3H3;1-2,5-6H,(H,7,8)(H,9,10)/t;1-,2-/m.1/s1. The second-order valence-electron chi connectivity index (χ2n) is 8.33. The topological polar surface area (TPSA) is 152 Å². The van der Waals surface area contributed by atoms with Gasteiger partial charge in [-0.25, -0.2) is 9.59 Å². The maximum atomic E-state index is 9.77. The quantitative estimate of drug-likeness (QED) is 0.284. The third-order valence-electron chi connectivity index (χ3n) is 5.22. The maximum absolute atomic E-state index is 9.77. The number of anilines is 1. The number of fused-ring (bicyclic) bond motifs is 1. The first-order valence-corrected chi connectivity index (χ1v) is 12.5. The molecule has 2 heterocycles. The molecule has 3 rings (SSSR count). The van der Waals surface area contributed by atoms with Crippen molar-refractivity contribution >= 4 is 41.0 Å². The van der Waals surface area contributed by atoms with Gasteiger partial charge < -0.3 is 31.1 Å². The van der Waals surface area contributed by atoms with Gasteiger partial charge in [0.05, 0.1) is 22.4 Å². The van der Waals surface area contributed by atoms with Crippen LogP contribution in [0.2, 0.25) is 5.02 Å². The zero-order valence-corrected chi connectivity index (χ0v) is 21.4. The number of nitrogens with zero attached hydrogens (tertiary/aromatic N) is 1. The summed E-state index contributed by atoms with van der Waals surface area (Å²) in [4.78, 5) is 25.4. The number of thioether (sulfide) groups is 1. The minimum absolute atomic E-state index is 0.110. The van der Waals surface area contributed by atoms with Crippen molar-refractivity contribution in [1.82, 2.24) is 10.3 Å². The van der Waals surface area contributed by atoms with E-state index in [9.17, 15) is 9.59 Å². The first-order chi connectivity index (χ1) is 16.5. The molecule has 0 saturated heterocycles. The van der Waals surface area contributed by atoms with Crippen LogP contribution >= 0.6 is 23.4 Å². The molecule has 0 bridgehead atoms. The third-order valence-corrected chi connectivity index (χ3v) is 6.52. The van der Waals surface area contributed by atoms with Crippen LogP contribution in [0.1, 0.15) is 43.6 Å². The zero-order chi connectivity index (χ0) is 26.1. The zero-order valence-electron chi connectivity index (χ0n) is 19.9. The lowest BCUT2D eigenvalue weighted by Crippen LogP contribution is -2.39. The molecule has 0 aliphatic carbocycles. The van der Waals surface area contributed by atoms with Gasteiger partial charge in [0.15, 0.2) is 12.2 Å². The van der Waals surface area contributed by atoms with E-state index in [1.807, 2.05) is 24.0 Å².